The smallest absolute Gasteiger partial charge is 0.306 e. The van der Waals surface area contributed by atoms with Gasteiger partial charge >= 0.3 is 17.9 Å². The van der Waals surface area contributed by atoms with E-state index in [9.17, 15) is 14.4 Å². The average Bonchev–Trinajstić information content (AvgIpc) is 3.37. The molecule has 1 unspecified atom stereocenters. The summed E-state index contributed by atoms with van der Waals surface area (Å²) in [5, 5.41) is 0. The van der Waals surface area contributed by atoms with Crippen LogP contribution in [0.4, 0.5) is 0 Å². The number of carbonyl (C=O) groups is 3. The van der Waals surface area contributed by atoms with Gasteiger partial charge in [-0.25, -0.2) is 0 Å². The van der Waals surface area contributed by atoms with Crippen molar-refractivity contribution in [1.82, 2.24) is 0 Å². The highest BCUT2D eigenvalue weighted by Crippen LogP contribution is 2.16. The monoisotopic (exact) mass is 989 g/mol. The highest BCUT2D eigenvalue weighted by molar-refractivity contribution is 5.71. The Balaban J connectivity index is 4.45. The third-order valence-electron chi connectivity index (χ3n) is 13.0. The molecule has 0 heterocycles. The number of ether oxygens (including phenoxy) is 3. The van der Waals surface area contributed by atoms with Crippen LogP contribution < -0.4 is 0 Å². The Labute approximate surface area is 439 Å². The van der Waals surface area contributed by atoms with Crippen molar-refractivity contribution in [2.45, 2.75) is 297 Å². The van der Waals surface area contributed by atoms with Crippen LogP contribution in [0, 0.1) is 0 Å². The minimum Gasteiger partial charge on any atom is -0.462 e. The summed E-state index contributed by atoms with van der Waals surface area (Å²) in [5.41, 5.74) is 0. The molecular weight excluding hydrogens is 877 g/mol. The van der Waals surface area contributed by atoms with Crippen molar-refractivity contribution in [1.29, 1.82) is 0 Å². The SMILES string of the molecule is CC\C=C/C=C\C=C/C=C\C=C\C=C/CCCCCC(=O)OCC(COC(=O)CCCCCCC/C=C\CCCCCCCCCCC)OC(=O)CCCCCCCCCCCCCCCCCCCC. The number of esters is 3. The number of hydrogen-bond donors (Lipinski definition) is 0. The fourth-order valence-corrected chi connectivity index (χ4v) is 8.53. The molecule has 0 aliphatic rings. The van der Waals surface area contributed by atoms with Crippen molar-refractivity contribution < 1.29 is 28.6 Å². The highest BCUT2D eigenvalue weighted by Gasteiger charge is 2.19. The first-order valence-corrected chi connectivity index (χ1v) is 30.2. The predicted octanol–water partition coefficient (Wildman–Crippen LogP) is 20.3. The van der Waals surface area contributed by atoms with E-state index in [-0.39, 0.29) is 31.1 Å². The summed E-state index contributed by atoms with van der Waals surface area (Å²) in [6.07, 6.45) is 77.2. The van der Waals surface area contributed by atoms with Crippen molar-refractivity contribution in [3.05, 3.63) is 85.1 Å². The summed E-state index contributed by atoms with van der Waals surface area (Å²) in [7, 11) is 0. The fraction of sp³-hybridized carbons (Fsp3) is 0.738. The molecule has 0 fully saturated rings. The molecule has 0 bridgehead atoms. The Kier molecular flexibility index (Phi) is 56.3. The van der Waals surface area contributed by atoms with Crippen LogP contribution in [0.1, 0.15) is 290 Å². The maximum atomic E-state index is 12.9. The first-order valence-electron chi connectivity index (χ1n) is 30.2. The first-order chi connectivity index (χ1) is 35.0. The van der Waals surface area contributed by atoms with Gasteiger partial charge in [-0.15, -0.1) is 0 Å². The van der Waals surface area contributed by atoms with Crippen LogP contribution in [0.15, 0.2) is 85.1 Å². The van der Waals surface area contributed by atoms with Crippen molar-refractivity contribution in [2.75, 3.05) is 13.2 Å². The summed E-state index contributed by atoms with van der Waals surface area (Å²) in [4.78, 5) is 38.2. The van der Waals surface area contributed by atoms with Crippen LogP contribution in [0.3, 0.4) is 0 Å². The van der Waals surface area contributed by atoms with Crippen molar-refractivity contribution >= 4 is 17.9 Å². The third-order valence-corrected chi connectivity index (χ3v) is 13.0. The van der Waals surface area contributed by atoms with Crippen LogP contribution in [-0.4, -0.2) is 37.2 Å². The van der Waals surface area contributed by atoms with Crippen LogP contribution >= 0.6 is 0 Å². The van der Waals surface area contributed by atoms with Crippen molar-refractivity contribution in [3.63, 3.8) is 0 Å². The number of rotatable bonds is 54. The molecule has 0 N–H and O–H groups in total. The summed E-state index contributed by atoms with van der Waals surface area (Å²) < 4.78 is 16.9. The van der Waals surface area contributed by atoms with Gasteiger partial charge in [-0.05, 0) is 64.2 Å². The quantitative estimate of drug-likeness (QED) is 0.0199. The first kappa shape index (κ1) is 67.6. The largest absolute Gasteiger partial charge is 0.462 e. The highest BCUT2D eigenvalue weighted by atomic mass is 16.6. The van der Waals surface area contributed by atoms with E-state index in [1.807, 2.05) is 60.8 Å². The van der Waals surface area contributed by atoms with E-state index in [0.29, 0.717) is 19.3 Å². The minimum atomic E-state index is -0.798. The molecule has 71 heavy (non-hydrogen) atoms. The zero-order valence-corrected chi connectivity index (χ0v) is 46.7. The number of hydrogen-bond acceptors (Lipinski definition) is 6. The van der Waals surface area contributed by atoms with Crippen LogP contribution in [0.25, 0.3) is 0 Å². The van der Waals surface area contributed by atoms with Gasteiger partial charge in [-0.1, -0.05) is 292 Å². The molecule has 0 aromatic heterocycles. The van der Waals surface area contributed by atoms with Gasteiger partial charge in [-0.2, -0.15) is 0 Å². The molecule has 0 saturated heterocycles. The second-order valence-electron chi connectivity index (χ2n) is 20.0. The molecule has 408 valence electrons. The fourth-order valence-electron chi connectivity index (χ4n) is 8.53. The van der Waals surface area contributed by atoms with E-state index in [4.69, 9.17) is 14.2 Å². The third kappa shape index (κ3) is 57.4. The van der Waals surface area contributed by atoms with Gasteiger partial charge in [0.1, 0.15) is 13.2 Å². The lowest BCUT2D eigenvalue weighted by atomic mass is 10.0. The number of unbranched alkanes of at least 4 members (excludes halogenated alkanes) is 34. The molecular formula is C65H112O6. The van der Waals surface area contributed by atoms with Gasteiger partial charge in [0, 0.05) is 19.3 Å². The van der Waals surface area contributed by atoms with Crippen LogP contribution in [0.5, 0.6) is 0 Å². The summed E-state index contributed by atoms with van der Waals surface area (Å²) in [6.45, 7) is 6.48. The Hall–Kier alpha value is -3.41. The minimum absolute atomic E-state index is 0.0933. The van der Waals surface area contributed by atoms with E-state index in [0.717, 1.165) is 77.0 Å². The molecule has 6 heteroatoms. The summed E-state index contributed by atoms with van der Waals surface area (Å²) in [5.74, 6) is -0.934. The Bertz CT molecular complexity index is 1370. The molecule has 6 nitrogen and oxygen atoms in total. The second-order valence-corrected chi connectivity index (χ2v) is 20.0. The normalized spacial score (nSPS) is 12.7. The Morgan fingerprint density at radius 3 is 0.915 bits per heavy atom. The van der Waals surface area contributed by atoms with E-state index in [2.05, 4.69) is 45.1 Å². The van der Waals surface area contributed by atoms with Crippen LogP contribution in [0.2, 0.25) is 0 Å². The summed E-state index contributed by atoms with van der Waals surface area (Å²) >= 11 is 0. The molecule has 0 aromatic carbocycles. The van der Waals surface area contributed by atoms with E-state index >= 15 is 0 Å². The molecule has 0 spiro atoms. The van der Waals surface area contributed by atoms with Crippen LogP contribution in [-0.2, 0) is 28.6 Å². The predicted molar refractivity (Wildman–Crippen MR) is 307 cm³/mol. The molecule has 0 aliphatic carbocycles. The second kappa shape index (κ2) is 59.2. The molecule has 0 saturated carbocycles. The Morgan fingerprint density at radius 2 is 0.563 bits per heavy atom. The van der Waals surface area contributed by atoms with Crippen molar-refractivity contribution in [3.8, 4) is 0 Å². The summed E-state index contributed by atoms with van der Waals surface area (Å²) in [6, 6.07) is 0. The molecule has 0 aliphatic heterocycles. The molecule has 0 rings (SSSR count). The molecule has 0 amide bonds. The maximum Gasteiger partial charge on any atom is 0.306 e. The van der Waals surface area contributed by atoms with Gasteiger partial charge in [-0.3, -0.25) is 14.4 Å². The van der Waals surface area contributed by atoms with E-state index in [1.54, 1.807) is 0 Å². The molecule has 1 atom stereocenters. The topological polar surface area (TPSA) is 78.9 Å². The van der Waals surface area contributed by atoms with E-state index in [1.165, 1.54) is 173 Å². The van der Waals surface area contributed by atoms with Crippen molar-refractivity contribution in [2.24, 2.45) is 0 Å². The lowest BCUT2D eigenvalue weighted by molar-refractivity contribution is -0.167. The number of carbonyl (C=O) groups excluding carboxylic acids is 3. The number of allylic oxidation sites excluding steroid dienone is 14. The zero-order valence-electron chi connectivity index (χ0n) is 46.7. The Morgan fingerprint density at radius 1 is 0.296 bits per heavy atom. The van der Waals surface area contributed by atoms with Gasteiger partial charge in [0.05, 0.1) is 0 Å². The average molecular weight is 990 g/mol. The zero-order chi connectivity index (χ0) is 51.4. The standard InChI is InChI=1S/C65H112O6/c1-4-7-10-13-16-19-22-25-28-31-34-37-40-43-46-49-52-55-58-64(67)70-61-62(60-69-63(66)57-54-51-48-45-42-39-36-33-30-27-24-21-18-15-12-9-6-3)71-65(68)59-56-53-50-47-44-41-38-35-32-29-26-23-20-17-14-11-8-5-2/h9,12,15,18,21,24,27,30,33-34,36-37,39,42,62H,4-8,10-11,13-14,16-17,19-20,22-23,25-26,28-29,31-32,35,38,40-41,43-61H2,1-3H3/b12-9-,18-15-,24-21-,30-27-,36-33+,37-34-,42-39-. The van der Waals surface area contributed by atoms with Gasteiger partial charge in [0.25, 0.3) is 0 Å². The lowest BCUT2D eigenvalue weighted by Gasteiger charge is -2.18. The molecule has 0 aromatic rings. The van der Waals surface area contributed by atoms with Gasteiger partial charge in [0.2, 0.25) is 0 Å². The van der Waals surface area contributed by atoms with Gasteiger partial charge in [0.15, 0.2) is 6.10 Å². The van der Waals surface area contributed by atoms with Gasteiger partial charge < -0.3 is 14.2 Å². The molecule has 0 radical (unpaired) electrons. The van der Waals surface area contributed by atoms with E-state index < -0.39 is 6.10 Å². The maximum absolute atomic E-state index is 12.9. The lowest BCUT2D eigenvalue weighted by Crippen LogP contribution is -2.30.